The summed E-state index contributed by atoms with van der Waals surface area (Å²) in [7, 11) is -4.07. The first-order valence-corrected chi connectivity index (χ1v) is 17.1. The average Bonchev–Trinajstić information content (AvgIpc) is 3.47. The molecule has 1 aromatic carbocycles. The first kappa shape index (κ1) is 28.6. The molecule has 15 heteroatoms. The lowest BCUT2D eigenvalue weighted by Gasteiger charge is -2.15. The summed E-state index contributed by atoms with van der Waals surface area (Å²) >= 11 is 0. The summed E-state index contributed by atoms with van der Waals surface area (Å²) in [6.07, 6.45) is -1.51. The zero-order chi connectivity index (χ0) is 28.6. The lowest BCUT2D eigenvalue weighted by Crippen LogP contribution is -2.22. The van der Waals surface area contributed by atoms with Gasteiger partial charge in [-0.15, -0.1) is 0 Å². The molecule has 0 saturated heterocycles. The number of anilines is 1. The van der Waals surface area contributed by atoms with E-state index in [-0.39, 0.29) is 28.8 Å². The molecule has 0 fully saturated rings. The summed E-state index contributed by atoms with van der Waals surface area (Å²) < 4.78 is 82.4. The zero-order valence-electron chi connectivity index (χ0n) is 22.1. The van der Waals surface area contributed by atoms with Crippen LogP contribution in [0.4, 0.5) is 18.9 Å². The van der Waals surface area contributed by atoms with Crippen molar-refractivity contribution in [2.24, 2.45) is 0 Å². The van der Waals surface area contributed by atoms with Gasteiger partial charge in [-0.1, -0.05) is 19.6 Å². The van der Waals surface area contributed by atoms with Crippen LogP contribution in [0, 0.1) is 6.92 Å². The summed E-state index contributed by atoms with van der Waals surface area (Å²) in [6, 6.07) is 6.46. The molecule has 0 aliphatic carbocycles. The van der Waals surface area contributed by atoms with Crippen LogP contribution < -0.4 is 9.46 Å². The van der Waals surface area contributed by atoms with Crippen molar-refractivity contribution < 1.29 is 31.1 Å². The summed E-state index contributed by atoms with van der Waals surface area (Å²) in [5.74, 6) is 0.268. The normalized spacial score (nSPS) is 12.7. The molecule has 4 rings (SSSR count). The van der Waals surface area contributed by atoms with Gasteiger partial charge in [-0.05, 0) is 37.2 Å². The molecule has 10 nitrogen and oxygen atoms in total. The van der Waals surface area contributed by atoms with E-state index < -0.39 is 30.0 Å². The third kappa shape index (κ3) is 6.42. The molecule has 0 saturated carbocycles. The number of aromatic nitrogens is 5. The van der Waals surface area contributed by atoms with E-state index in [2.05, 4.69) is 39.5 Å². The average molecular weight is 583 g/mol. The number of nitrogens with zero attached hydrogens (tertiary/aromatic N) is 5. The van der Waals surface area contributed by atoms with Gasteiger partial charge in [0.15, 0.2) is 0 Å². The number of hydrogen-bond acceptors (Lipinski definition) is 7. The van der Waals surface area contributed by atoms with Gasteiger partial charge in [0.2, 0.25) is 0 Å². The van der Waals surface area contributed by atoms with Gasteiger partial charge in [0, 0.05) is 20.9 Å². The monoisotopic (exact) mass is 582 g/mol. The Kier molecular flexibility index (Phi) is 7.78. The van der Waals surface area contributed by atoms with Crippen LogP contribution in [0.1, 0.15) is 11.4 Å². The molecule has 39 heavy (non-hydrogen) atoms. The van der Waals surface area contributed by atoms with Crippen LogP contribution in [0.2, 0.25) is 25.7 Å². The first-order chi connectivity index (χ1) is 18.2. The topological polar surface area (TPSA) is 113 Å². The number of ether oxygens (including phenoxy) is 2. The van der Waals surface area contributed by atoms with E-state index in [0.29, 0.717) is 23.2 Å². The minimum Gasteiger partial charge on any atom is -0.495 e. The van der Waals surface area contributed by atoms with Gasteiger partial charge in [0.1, 0.15) is 28.8 Å². The smallest absolute Gasteiger partial charge is 0.433 e. The summed E-state index contributed by atoms with van der Waals surface area (Å²) in [6.45, 7) is 9.32. The maximum absolute atomic E-state index is 13.3. The number of hydrogen-bond donors (Lipinski definition) is 1. The van der Waals surface area contributed by atoms with E-state index in [4.69, 9.17) is 9.47 Å². The molecule has 210 valence electrons. The van der Waals surface area contributed by atoms with Crippen LogP contribution in [0.5, 0.6) is 5.75 Å². The van der Waals surface area contributed by atoms with Gasteiger partial charge >= 0.3 is 6.18 Å². The molecule has 0 aliphatic heterocycles. The first-order valence-electron chi connectivity index (χ1n) is 11.9. The maximum atomic E-state index is 13.3. The Bertz CT molecular complexity index is 1600. The lowest BCUT2D eigenvalue weighted by molar-refractivity contribution is -0.141. The molecule has 0 amide bonds. The number of halogens is 3. The number of aryl methyl sites for hydroxylation is 1. The second-order valence-corrected chi connectivity index (χ2v) is 17.4. The van der Waals surface area contributed by atoms with E-state index in [0.717, 1.165) is 35.4 Å². The fourth-order valence-electron chi connectivity index (χ4n) is 3.83. The largest absolute Gasteiger partial charge is 0.495 e. The van der Waals surface area contributed by atoms with Crippen molar-refractivity contribution in [2.45, 2.75) is 50.4 Å². The molecule has 3 aromatic heterocycles. The quantitative estimate of drug-likeness (QED) is 0.205. The third-order valence-corrected chi connectivity index (χ3v) is 8.90. The molecule has 0 unspecified atom stereocenters. The standard InChI is InChI=1S/C24H29F3N6O4SSi/c1-16-22-19(33(30-16)15-37-10-11-39(3,4)5)6-7-20(36-2)23(22)31-38(34,35)18-13-29-32(14-18)17-8-9-28-21(12-17)24(25,26)27/h6-9,12-14,31H,10-11,15H2,1-5H3. The van der Waals surface area contributed by atoms with Crippen LogP contribution in [0.25, 0.3) is 16.6 Å². The number of nitrogens with one attached hydrogen (secondary N) is 1. The van der Waals surface area contributed by atoms with Crippen molar-refractivity contribution in [3.05, 3.63) is 54.2 Å². The van der Waals surface area contributed by atoms with Gasteiger partial charge in [0.25, 0.3) is 10.0 Å². The molecule has 4 aromatic rings. The van der Waals surface area contributed by atoms with Gasteiger partial charge < -0.3 is 9.47 Å². The second kappa shape index (κ2) is 10.6. The highest BCUT2D eigenvalue weighted by atomic mass is 32.2. The number of alkyl halides is 3. The Hall–Kier alpha value is -3.43. The number of rotatable bonds is 10. The number of fused-ring (bicyclic) bond motifs is 1. The number of benzene rings is 1. The molecular weight excluding hydrogens is 553 g/mol. The van der Waals surface area contributed by atoms with Crippen LogP contribution >= 0.6 is 0 Å². The number of methoxy groups -OCH3 is 1. The molecule has 3 heterocycles. The van der Waals surface area contributed by atoms with Crippen molar-refractivity contribution in [2.75, 3.05) is 18.4 Å². The van der Waals surface area contributed by atoms with E-state index in [1.54, 1.807) is 23.7 Å². The third-order valence-electron chi connectivity index (χ3n) is 5.89. The predicted octanol–water partition coefficient (Wildman–Crippen LogP) is 5.07. The fraction of sp³-hybridized carbons (Fsp3) is 0.375. The van der Waals surface area contributed by atoms with Crippen LogP contribution in [-0.2, 0) is 27.7 Å². The van der Waals surface area contributed by atoms with E-state index in [1.807, 2.05) is 0 Å². The van der Waals surface area contributed by atoms with E-state index in [1.165, 1.54) is 13.2 Å². The van der Waals surface area contributed by atoms with Crippen LogP contribution in [0.3, 0.4) is 0 Å². The Morgan fingerprint density at radius 2 is 1.90 bits per heavy atom. The van der Waals surface area contributed by atoms with Gasteiger partial charge in [-0.25, -0.2) is 17.8 Å². The van der Waals surface area contributed by atoms with Crippen molar-refractivity contribution in [3.63, 3.8) is 0 Å². The molecule has 0 bridgehead atoms. The highest BCUT2D eigenvalue weighted by Crippen LogP contribution is 2.37. The van der Waals surface area contributed by atoms with Gasteiger partial charge in [0.05, 0.1) is 41.8 Å². The van der Waals surface area contributed by atoms with Crippen LogP contribution in [-0.4, -0.2) is 54.8 Å². The summed E-state index contributed by atoms with van der Waals surface area (Å²) in [5, 5.41) is 9.01. The van der Waals surface area contributed by atoms with Crippen molar-refractivity contribution in [3.8, 4) is 11.4 Å². The van der Waals surface area contributed by atoms with Gasteiger partial charge in [-0.2, -0.15) is 23.4 Å². The molecule has 1 N–H and O–H groups in total. The van der Waals surface area contributed by atoms with Crippen molar-refractivity contribution in [1.29, 1.82) is 0 Å². The minimum absolute atomic E-state index is 0.00436. The molecule has 0 radical (unpaired) electrons. The molecular formula is C24H29F3N6O4SSi. The maximum Gasteiger partial charge on any atom is 0.433 e. The number of sulfonamides is 1. The van der Waals surface area contributed by atoms with Gasteiger partial charge in [-0.3, -0.25) is 9.71 Å². The van der Waals surface area contributed by atoms with Crippen molar-refractivity contribution >= 4 is 34.7 Å². The Morgan fingerprint density at radius 1 is 1.15 bits per heavy atom. The van der Waals surface area contributed by atoms with Crippen LogP contribution in [0.15, 0.2) is 47.8 Å². The summed E-state index contributed by atoms with van der Waals surface area (Å²) in [4.78, 5) is 3.06. The highest BCUT2D eigenvalue weighted by molar-refractivity contribution is 7.92. The Labute approximate surface area is 224 Å². The Balaban J connectivity index is 1.64. The molecule has 0 atom stereocenters. The second-order valence-electron chi connectivity index (χ2n) is 10.1. The van der Waals surface area contributed by atoms with E-state index in [9.17, 15) is 21.6 Å². The molecule has 0 aliphatic rings. The summed E-state index contributed by atoms with van der Waals surface area (Å²) in [5.41, 5.74) is 0.265. The highest BCUT2D eigenvalue weighted by Gasteiger charge is 2.33. The lowest BCUT2D eigenvalue weighted by atomic mass is 10.1. The minimum atomic E-state index is -4.66. The Morgan fingerprint density at radius 3 is 2.56 bits per heavy atom. The zero-order valence-corrected chi connectivity index (χ0v) is 23.9. The van der Waals surface area contributed by atoms with E-state index >= 15 is 0 Å². The van der Waals surface area contributed by atoms with Crippen molar-refractivity contribution in [1.82, 2.24) is 24.5 Å². The number of pyridine rings is 1. The predicted molar refractivity (Wildman–Crippen MR) is 142 cm³/mol. The molecule has 0 spiro atoms. The SMILES string of the molecule is COc1ccc2c(c(C)nn2COCC[Si](C)(C)C)c1NS(=O)(=O)c1cnn(-c2ccnc(C(F)(F)F)c2)c1. The fourth-order valence-corrected chi connectivity index (χ4v) is 5.60.